The van der Waals surface area contributed by atoms with E-state index in [2.05, 4.69) is 25.3 Å². The minimum atomic E-state index is -0.350. The van der Waals surface area contributed by atoms with E-state index in [0.717, 1.165) is 25.9 Å². The summed E-state index contributed by atoms with van der Waals surface area (Å²) in [6.07, 6.45) is 7.75. The van der Waals surface area contributed by atoms with Crippen LogP contribution in [-0.2, 0) is 0 Å². The van der Waals surface area contributed by atoms with Gasteiger partial charge in [-0.25, -0.2) is 4.79 Å². The number of aromatic nitrogens is 3. The molecule has 4 heterocycles. The summed E-state index contributed by atoms with van der Waals surface area (Å²) in [5.74, 6) is 0.816. The van der Waals surface area contributed by atoms with Gasteiger partial charge >= 0.3 is 6.03 Å². The number of piperidine rings is 2. The highest BCUT2D eigenvalue weighted by Crippen LogP contribution is 2.22. The van der Waals surface area contributed by atoms with Crippen molar-refractivity contribution in [2.24, 2.45) is 0 Å². The Morgan fingerprint density at radius 2 is 1.96 bits per heavy atom. The first-order chi connectivity index (χ1) is 13.7. The fourth-order valence-electron chi connectivity index (χ4n) is 4.07. The molecule has 2 aliphatic heterocycles. The molecule has 0 spiro atoms. The first-order valence-electron chi connectivity index (χ1n) is 10.3. The number of hydrogen-bond donors (Lipinski definition) is 1. The van der Waals surface area contributed by atoms with E-state index in [0.29, 0.717) is 23.5 Å². The highest BCUT2D eigenvalue weighted by atomic mass is 16.5. The van der Waals surface area contributed by atoms with Crippen molar-refractivity contribution in [1.29, 1.82) is 0 Å². The zero-order valence-corrected chi connectivity index (χ0v) is 16.4. The second-order valence-corrected chi connectivity index (χ2v) is 7.66. The molecule has 0 saturated carbocycles. The summed E-state index contributed by atoms with van der Waals surface area (Å²) in [5.41, 5.74) is 0.649. The smallest absolute Gasteiger partial charge is 0.318 e. The zero-order chi connectivity index (χ0) is 19.3. The predicted octanol–water partition coefficient (Wildman–Crippen LogP) is 2.85. The van der Waals surface area contributed by atoms with Gasteiger partial charge in [-0.2, -0.15) is 4.98 Å². The second kappa shape index (κ2) is 8.68. The Morgan fingerprint density at radius 1 is 1.18 bits per heavy atom. The van der Waals surface area contributed by atoms with Gasteiger partial charge < -0.3 is 19.6 Å². The summed E-state index contributed by atoms with van der Waals surface area (Å²) < 4.78 is 5.32. The first-order valence-corrected chi connectivity index (χ1v) is 10.3. The van der Waals surface area contributed by atoms with Crippen LogP contribution in [0, 0.1) is 0 Å². The van der Waals surface area contributed by atoms with Gasteiger partial charge in [0.15, 0.2) is 0 Å². The van der Waals surface area contributed by atoms with Crippen LogP contribution in [0.3, 0.4) is 0 Å². The summed E-state index contributed by atoms with van der Waals surface area (Å²) in [6, 6.07) is 5.74. The van der Waals surface area contributed by atoms with E-state index in [-0.39, 0.29) is 12.1 Å². The van der Waals surface area contributed by atoms with Gasteiger partial charge in [-0.1, -0.05) is 17.6 Å². The summed E-state index contributed by atoms with van der Waals surface area (Å²) in [6.45, 7) is 5.87. The maximum Gasteiger partial charge on any atom is 0.318 e. The van der Waals surface area contributed by atoms with Crippen molar-refractivity contribution >= 4 is 6.03 Å². The molecular weight excluding hydrogens is 356 g/mol. The fraction of sp³-hybridized carbons (Fsp3) is 0.600. The average molecular weight is 384 g/mol. The molecule has 2 fully saturated rings. The van der Waals surface area contributed by atoms with Crippen LogP contribution >= 0.6 is 0 Å². The van der Waals surface area contributed by atoms with E-state index >= 15 is 0 Å². The Balaban J connectivity index is 1.29. The molecule has 1 atom stereocenters. The highest BCUT2D eigenvalue weighted by molar-refractivity contribution is 5.74. The average Bonchev–Trinajstić information content (AvgIpc) is 3.26. The van der Waals surface area contributed by atoms with E-state index in [4.69, 9.17) is 4.52 Å². The third-order valence-electron chi connectivity index (χ3n) is 5.70. The van der Waals surface area contributed by atoms with Gasteiger partial charge in [-0.3, -0.25) is 4.98 Å². The number of nitrogens with one attached hydrogen (secondary N) is 1. The highest BCUT2D eigenvalue weighted by Gasteiger charge is 2.28. The molecule has 2 amide bonds. The molecule has 2 aliphatic rings. The van der Waals surface area contributed by atoms with Crippen LogP contribution in [0.5, 0.6) is 0 Å². The molecule has 0 radical (unpaired) electrons. The lowest BCUT2D eigenvalue weighted by atomic mass is 10.00. The Kier molecular flexibility index (Phi) is 5.85. The molecule has 1 N–H and O–H groups in total. The summed E-state index contributed by atoms with van der Waals surface area (Å²) in [7, 11) is 0. The topological polar surface area (TPSA) is 87.4 Å². The van der Waals surface area contributed by atoms with Gasteiger partial charge in [0.2, 0.25) is 11.7 Å². The molecular formula is C20H28N6O2. The largest absolute Gasteiger partial charge is 0.337 e. The van der Waals surface area contributed by atoms with Crippen molar-refractivity contribution in [3.8, 4) is 11.5 Å². The number of nitrogens with zero attached hydrogens (tertiary/aromatic N) is 5. The van der Waals surface area contributed by atoms with E-state index in [1.807, 2.05) is 30.0 Å². The van der Waals surface area contributed by atoms with Crippen LogP contribution in [-0.4, -0.2) is 63.2 Å². The maximum absolute atomic E-state index is 12.6. The van der Waals surface area contributed by atoms with Gasteiger partial charge in [-0.15, -0.1) is 0 Å². The zero-order valence-electron chi connectivity index (χ0n) is 16.4. The Hall–Kier alpha value is -2.48. The Labute approximate surface area is 165 Å². The van der Waals surface area contributed by atoms with Crippen LogP contribution in [0.25, 0.3) is 11.5 Å². The third-order valence-corrected chi connectivity index (χ3v) is 5.70. The van der Waals surface area contributed by atoms with Crippen molar-refractivity contribution in [2.45, 2.75) is 51.1 Å². The lowest BCUT2D eigenvalue weighted by Gasteiger charge is -2.40. The number of rotatable bonds is 4. The molecule has 28 heavy (non-hydrogen) atoms. The first kappa shape index (κ1) is 18.9. The summed E-state index contributed by atoms with van der Waals surface area (Å²) >= 11 is 0. The molecule has 2 aromatic rings. The molecule has 150 valence electrons. The quantitative estimate of drug-likeness (QED) is 0.872. The van der Waals surface area contributed by atoms with Gasteiger partial charge in [0.05, 0.1) is 0 Å². The number of likely N-dealkylation sites (tertiary alicyclic amines) is 2. The standard InChI is InChI=1S/C20H28N6O2/c1-15(19-23-18(24-28-19)17-7-3-4-10-21-17)22-20(27)26-13-8-16(9-14-26)25-11-5-2-6-12-25/h3-4,7,10,15-16H,2,5-6,8-9,11-14H2,1H3,(H,22,27). The minimum absolute atomic E-state index is 0.0674. The maximum atomic E-state index is 12.6. The normalized spacial score (nSPS) is 20.1. The molecule has 2 saturated heterocycles. The van der Waals surface area contributed by atoms with Gasteiger partial charge in [0.1, 0.15) is 11.7 Å². The van der Waals surface area contributed by atoms with Crippen LogP contribution in [0.15, 0.2) is 28.9 Å². The monoisotopic (exact) mass is 384 g/mol. The lowest BCUT2D eigenvalue weighted by Crippen LogP contribution is -2.50. The van der Waals surface area contributed by atoms with Gasteiger partial charge in [-0.05, 0) is 57.8 Å². The second-order valence-electron chi connectivity index (χ2n) is 7.66. The molecule has 0 bridgehead atoms. The summed E-state index contributed by atoms with van der Waals surface area (Å²) in [5, 5.41) is 6.95. The number of hydrogen-bond acceptors (Lipinski definition) is 6. The third kappa shape index (κ3) is 4.32. The van der Waals surface area contributed by atoms with Crippen LogP contribution < -0.4 is 5.32 Å². The van der Waals surface area contributed by atoms with Gasteiger partial charge in [0, 0.05) is 25.3 Å². The lowest BCUT2D eigenvalue weighted by molar-refractivity contribution is 0.100. The van der Waals surface area contributed by atoms with Crippen LogP contribution in [0.4, 0.5) is 4.79 Å². The van der Waals surface area contributed by atoms with Crippen molar-refractivity contribution in [3.63, 3.8) is 0 Å². The van der Waals surface area contributed by atoms with E-state index in [1.165, 1.54) is 32.4 Å². The number of carbonyl (C=O) groups is 1. The van der Waals surface area contributed by atoms with E-state index in [1.54, 1.807) is 6.20 Å². The molecule has 0 aliphatic carbocycles. The Bertz CT molecular complexity index is 766. The molecule has 4 rings (SSSR count). The number of carbonyl (C=O) groups excluding carboxylic acids is 1. The molecule has 0 aromatic carbocycles. The number of pyridine rings is 1. The van der Waals surface area contributed by atoms with E-state index in [9.17, 15) is 4.79 Å². The molecule has 8 heteroatoms. The molecule has 1 unspecified atom stereocenters. The predicted molar refractivity (Wildman–Crippen MR) is 104 cm³/mol. The van der Waals surface area contributed by atoms with Crippen molar-refractivity contribution < 1.29 is 9.32 Å². The van der Waals surface area contributed by atoms with Crippen molar-refractivity contribution in [1.82, 2.24) is 30.2 Å². The van der Waals surface area contributed by atoms with Gasteiger partial charge in [0.25, 0.3) is 0 Å². The summed E-state index contributed by atoms with van der Waals surface area (Å²) in [4.78, 5) is 25.7. The van der Waals surface area contributed by atoms with Crippen molar-refractivity contribution in [3.05, 3.63) is 30.3 Å². The van der Waals surface area contributed by atoms with E-state index < -0.39 is 0 Å². The Morgan fingerprint density at radius 3 is 2.68 bits per heavy atom. The van der Waals surface area contributed by atoms with Crippen molar-refractivity contribution in [2.75, 3.05) is 26.2 Å². The van der Waals surface area contributed by atoms with Crippen LogP contribution in [0.1, 0.15) is 51.0 Å². The minimum Gasteiger partial charge on any atom is -0.337 e. The molecule has 2 aromatic heterocycles. The molecule has 8 nitrogen and oxygen atoms in total. The SMILES string of the molecule is CC(NC(=O)N1CCC(N2CCCCC2)CC1)c1nc(-c2ccccn2)no1. The number of amides is 2. The van der Waals surface area contributed by atoms with Crippen LogP contribution in [0.2, 0.25) is 0 Å². The number of urea groups is 1. The fourth-order valence-corrected chi connectivity index (χ4v) is 4.07.